The molecule has 1 aromatic rings. The van der Waals surface area contributed by atoms with Gasteiger partial charge in [0.15, 0.2) is 11.5 Å². The molecule has 4 heteroatoms. The van der Waals surface area contributed by atoms with Crippen molar-refractivity contribution in [2.45, 2.75) is 12.5 Å². The molecule has 2 aliphatic rings. The summed E-state index contributed by atoms with van der Waals surface area (Å²) in [6, 6.07) is 6.58. The lowest BCUT2D eigenvalue weighted by Crippen LogP contribution is -2.35. The maximum absolute atomic E-state index is 5.65. The Kier molecular flexibility index (Phi) is 3.03. The van der Waals surface area contributed by atoms with Crippen molar-refractivity contribution in [1.29, 1.82) is 0 Å². The predicted octanol–water partition coefficient (Wildman–Crippen LogP) is 1.91. The molecule has 1 atom stereocenters. The lowest BCUT2D eigenvalue weighted by Gasteiger charge is -2.31. The molecule has 15 heavy (non-hydrogen) atoms. The smallest absolute Gasteiger partial charge is 0.166 e. The van der Waals surface area contributed by atoms with E-state index in [-0.39, 0.29) is 12.4 Å². The second-order valence-corrected chi connectivity index (χ2v) is 3.67. The van der Waals surface area contributed by atoms with Gasteiger partial charge in [0.05, 0.1) is 0 Å². The molecule has 1 saturated heterocycles. The van der Waals surface area contributed by atoms with Gasteiger partial charge in [0.25, 0.3) is 0 Å². The van der Waals surface area contributed by atoms with Crippen molar-refractivity contribution in [3.05, 3.63) is 23.8 Å². The van der Waals surface area contributed by atoms with Crippen LogP contribution >= 0.6 is 12.4 Å². The fourth-order valence-electron chi connectivity index (χ4n) is 1.92. The average Bonchev–Trinajstić information content (AvgIpc) is 2.16. The molecule has 0 spiro atoms. The molecular weight excluding hydrogens is 214 g/mol. The van der Waals surface area contributed by atoms with E-state index >= 15 is 0 Å². The van der Waals surface area contributed by atoms with Crippen LogP contribution in [0.25, 0.3) is 0 Å². The van der Waals surface area contributed by atoms with Crippen LogP contribution in [0.15, 0.2) is 18.2 Å². The quantitative estimate of drug-likeness (QED) is 0.795. The first kappa shape index (κ1) is 10.6. The topological polar surface area (TPSA) is 30.5 Å². The summed E-state index contributed by atoms with van der Waals surface area (Å²) in [5.74, 6) is 1.83. The van der Waals surface area contributed by atoms with Crippen molar-refractivity contribution in [2.24, 2.45) is 0 Å². The molecule has 0 amide bonds. The Morgan fingerprint density at radius 2 is 2.00 bits per heavy atom. The third-order valence-corrected chi connectivity index (χ3v) is 2.80. The zero-order chi connectivity index (χ0) is 9.38. The summed E-state index contributed by atoms with van der Waals surface area (Å²) in [4.78, 5) is 0. The second-order valence-electron chi connectivity index (χ2n) is 3.67. The van der Waals surface area contributed by atoms with Crippen LogP contribution in [0.2, 0.25) is 0 Å². The van der Waals surface area contributed by atoms with Crippen LogP contribution in [0.5, 0.6) is 11.5 Å². The lowest BCUT2D eigenvalue weighted by atomic mass is 9.96. The monoisotopic (exact) mass is 227 g/mol. The molecule has 1 N–H and O–H groups in total. The molecule has 0 saturated carbocycles. The number of hydrogen-bond donors (Lipinski definition) is 1. The summed E-state index contributed by atoms with van der Waals surface area (Å²) < 4.78 is 11.2. The number of hydrogen-bond acceptors (Lipinski definition) is 3. The highest BCUT2D eigenvalue weighted by Crippen LogP contribution is 2.39. The highest BCUT2D eigenvalue weighted by molar-refractivity contribution is 5.85. The van der Waals surface area contributed by atoms with Crippen LogP contribution in [0, 0.1) is 0 Å². The number of halogens is 1. The van der Waals surface area contributed by atoms with Crippen LogP contribution in [-0.2, 0) is 0 Å². The fourth-order valence-corrected chi connectivity index (χ4v) is 1.92. The molecule has 3 rings (SSSR count). The van der Waals surface area contributed by atoms with E-state index in [9.17, 15) is 0 Å². The number of fused-ring (bicyclic) bond motifs is 1. The molecule has 2 heterocycles. The van der Waals surface area contributed by atoms with E-state index in [2.05, 4.69) is 11.4 Å². The summed E-state index contributed by atoms with van der Waals surface area (Å²) in [5.41, 5.74) is 1.24. The minimum absolute atomic E-state index is 0. The van der Waals surface area contributed by atoms with Crippen molar-refractivity contribution in [2.75, 3.05) is 19.8 Å². The highest BCUT2D eigenvalue weighted by Gasteiger charge is 2.25. The molecular formula is C11H14ClNO2. The number of nitrogens with one attached hydrogen (secondary N) is 1. The fraction of sp³-hybridized carbons (Fsp3) is 0.455. The van der Waals surface area contributed by atoms with E-state index in [1.165, 1.54) is 12.0 Å². The van der Waals surface area contributed by atoms with Gasteiger partial charge in [-0.15, -0.1) is 12.4 Å². The lowest BCUT2D eigenvalue weighted by molar-refractivity contribution is 0.167. The largest absolute Gasteiger partial charge is 0.486 e. The molecule has 0 aliphatic carbocycles. The van der Waals surface area contributed by atoms with E-state index < -0.39 is 0 Å². The van der Waals surface area contributed by atoms with Gasteiger partial charge in [-0.1, -0.05) is 12.1 Å². The van der Waals surface area contributed by atoms with Crippen LogP contribution < -0.4 is 14.8 Å². The maximum atomic E-state index is 5.65. The van der Waals surface area contributed by atoms with E-state index in [0.717, 1.165) is 18.0 Å². The van der Waals surface area contributed by atoms with Gasteiger partial charge in [-0.25, -0.2) is 0 Å². The minimum atomic E-state index is 0. The van der Waals surface area contributed by atoms with E-state index in [4.69, 9.17) is 9.47 Å². The van der Waals surface area contributed by atoms with Crippen molar-refractivity contribution in [3.8, 4) is 11.5 Å². The van der Waals surface area contributed by atoms with E-state index in [1.807, 2.05) is 12.1 Å². The summed E-state index contributed by atoms with van der Waals surface area (Å²) in [6.45, 7) is 2.43. The zero-order valence-electron chi connectivity index (χ0n) is 8.36. The van der Waals surface area contributed by atoms with Gasteiger partial charge < -0.3 is 14.8 Å². The number of ether oxygens (including phenoxy) is 2. The Morgan fingerprint density at radius 1 is 1.20 bits per heavy atom. The Morgan fingerprint density at radius 3 is 2.73 bits per heavy atom. The number of para-hydroxylation sites is 1. The van der Waals surface area contributed by atoms with Gasteiger partial charge in [0, 0.05) is 11.6 Å². The van der Waals surface area contributed by atoms with Crippen LogP contribution in [0.3, 0.4) is 0 Å². The zero-order valence-corrected chi connectivity index (χ0v) is 9.18. The first-order valence-corrected chi connectivity index (χ1v) is 5.07. The normalized spacial score (nSPS) is 22.5. The maximum Gasteiger partial charge on any atom is 0.166 e. The first-order chi connectivity index (χ1) is 6.95. The number of rotatable bonds is 1. The van der Waals surface area contributed by atoms with Crippen LogP contribution in [0.1, 0.15) is 18.0 Å². The van der Waals surface area contributed by atoms with Gasteiger partial charge in [-0.05, 0) is 19.0 Å². The van der Waals surface area contributed by atoms with Crippen LogP contribution in [0.4, 0.5) is 0 Å². The summed E-state index contributed by atoms with van der Waals surface area (Å²) in [6.07, 6.45) is 1.19. The van der Waals surface area contributed by atoms with Crippen molar-refractivity contribution < 1.29 is 9.47 Å². The molecule has 0 radical (unpaired) electrons. The van der Waals surface area contributed by atoms with Gasteiger partial charge in [-0.2, -0.15) is 0 Å². The summed E-state index contributed by atoms with van der Waals surface area (Å²) in [7, 11) is 0. The van der Waals surface area contributed by atoms with Gasteiger partial charge in [0.1, 0.15) is 13.2 Å². The van der Waals surface area contributed by atoms with E-state index in [0.29, 0.717) is 19.3 Å². The summed E-state index contributed by atoms with van der Waals surface area (Å²) in [5, 5.41) is 3.38. The average molecular weight is 228 g/mol. The SMILES string of the molecule is Cl.c1cc2c(c([C@@H]3CCN3)c1)OCCO2. The molecule has 0 bridgehead atoms. The molecule has 2 aliphatic heterocycles. The van der Waals surface area contributed by atoms with E-state index in [1.54, 1.807) is 0 Å². The first-order valence-electron chi connectivity index (χ1n) is 5.07. The third kappa shape index (κ3) is 1.77. The second kappa shape index (κ2) is 4.29. The molecule has 82 valence electrons. The molecule has 0 aromatic heterocycles. The van der Waals surface area contributed by atoms with Crippen molar-refractivity contribution in [1.82, 2.24) is 5.32 Å². The molecule has 1 fully saturated rings. The van der Waals surface area contributed by atoms with Crippen molar-refractivity contribution in [3.63, 3.8) is 0 Å². The molecule has 0 unspecified atom stereocenters. The third-order valence-electron chi connectivity index (χ3n) is 2.80. The van der Waals surface area contributed by atoms with Crippen LogP contribution in [-0.4, -0.2) is 19.8 Å². The van der Waals surface area contributed by atoms with Gasteiger partial charge >= 0.3 is 0 Å². The minimum Gasteiger partial charge on any atom is -0.486 e. The predicted molar refractivity (Wildman–Crippen MR) is 60.0 cm³/mol. The Bertz CT molecular complexity index is 352. The number of benzene rings is 1. The van der Waals surface area contributed by atoms with Crippen molar-refractivity contribution >= 4 is 12.4 Å². The van der Waals surface area contributed by atoms with Gasteiger partial charge in [-0.3, -0.25) is 0 Å². The summed E-state index contributed by atoms with van der Waals surface area (Å²) >= 11 is 0. The standard InChI is InChI=1S/C11H13NO2.ClH/c1-2-8(9-4-5-12-9)11-10(3-1)13-6-7-14-11;/h1-3,9,12H,4-7H2;1H/t9-;/m0./s1. The Labute approximate surface area is 95.2 Å². The highest BCUT2D eigenvalue weighted by atomic mass is 35.5. The Hall–Kier alpha value is -0.930. The van der Waals surface area contributed by atoms with Gasteiger partial charge in [0.2, 0.25) is 0 Å². The Balaban J connectivity index is 0.000000853. The molecule has 3 nitrogen and oxygen atoms in total. The molecule has 1 aromatic carbocycles.